The summed E-state index contributed by atoms with van der Waals surface area (Å²) >= 11 is 0. The molecule has 1 aromatic heterocycles. The highest BCUT2D eigenvalue weighted by Crippen LogP contribution is 2.24. The van der Waals surface area contributed by atoms with Gasteiger partial charge in [0.25, 0.3) is 0 Å². The molecule has 2 aromatic rings. The highest BCUT2D eigenvalue weighted by molar-refractivity contribution is 5.63. The molecule has 0 saturated carbocycles. The van der Waals surface area contributed by atoms with Crippen molar-refractivity contribution >= 4 is 0 Å². The van der Waals surface area contributed by atoms with E-state index in [0.29, 0.717) is 0 Å². The van der Waals surface area contributed by atoms with E-state index in [1.54, 1.807) is 12.1 Å². The van der Waals surface area contributed by atoms with Crippen molar-refractivity contribution in [2.75, 3.05) is 7.05 Å². The molecular weight excluding hydrogens is 217 g/mol. The first kappa shape index (κ1) is 11.8. The average molecular weight is 233 g/mol. The second-order valence-corrected chi connectivity index (χ2v) is 3.87. The number of nitrogens with one attached hydrogen (secondary N) is 1. The van der Waals surface area contributed by atoms with Crippen molar-refractivity contribution in [1.29, 1.82) is 0 Å². The standard InChI is InChI=1S/C13H16FN3/c1-3-17-13(11(8-15-2)9-16-17)10-5-4-6-12(14)7-10/h4-7,9,15H,3,8H2,1-2H3. The van der Waals surface area contributed by atoms with Crippen LogP contribution >= 0.6 is 0 Å². The largest absolute Gasteiger partial charge is 0.316 e. The molecule has 0 saturated heterocycles. The van der Waals surface area contributed by atoms with Crippen molar-refractivity contribution in [2.24, 2.45) is 0 Å². The first-order chi connectivity index (χ1) is 8.26. The van der Waals surface area contributed by atoms with E-state index < -0.39 is 0 Å². The molecule has 17 heavy (non-hydrogen) atoms. The van der Waals surface area contributed by atoms with Crippen LogP contribution in [-0.4, -0.2) is 16.8 Å². The maximum absolute atomic E-state index is 13.3. The van der Waals surface area contributed by atoms with Crippen LogP contribution in [0.5, 0.6) is 0 Å². The fourth-order valence-corrected chi connectivity index (χ4v) is 1.95. The summed E-state index contributed by atoms with van der Waals surface area (Å²) in [5.74, 6) is -0.221. The third-order valence-electron chi connectivity index (χ3n) is 2.68. The Bertz CT molecular complexity index is 505. The summed E-state index contributed by atoms with van der Waals surface area (Å²) in [5.41, 5.74) is 2.94. The number of benzene rings is 1. The highest BCUT2D eigenvalue weighted by atomic mass is 19.1. The minimum atomic E-state index is -0.221. The highest BCUT2D eigenvalue weighted by Gasteiger charge is 2.11. The molecule has 1 N–H and O–H groups in total. The van der Waals surface area contributed by atoms with Gasteiger partial charge >= 0.3 is 0 Å². The quantitative estimate of drug-likeness (QED) is 0.879. The molecule has 0 radical (unpaired) electrons. The van der Waals surface area contributed by atoms with Crippen molar-refractivity contribution in [3.05, 3.63) is 41.8 Å². The predicted molar refractivity (Wildman–Crippen MR) is 66.1 cm³/mol. The molecule has 4 heteroatoms. The summed E-state index contributed by atoms with van der Waals surface area (Å²) in [5, 5.41) is 7.41. The van der Waals surface area contributed by atoms with Crippen molar-refractivity contribution in [2.45, 2.75) is 20.0 Å². The first-order valence-electron chi connectivity index (χ1n) is 5.71. The zero-order chi connectivity index (χ0) is 12.3. The van der Waals surface area contributed by atoms with Crippen LogP contribution in [0.1, 0.15) is 12.5 Å². The number of halogens is 1. The second-order valence-electron chi connectivity index (χ2n) is 3.87. The second kappa shape index (κ2) is 5.10. The number of nitrogens with zero attached hydrogens (tertiary/aromatic N) is 2. The minimum absolute atomic E-state index is 0.221. The van der Waals surface area contributed by atoms with E-state index in [0.717, 1.165) is 29.9 Å². The van der Waals surface area contributed by atoms with Gasteiger partial charge in [-0.15, -0.1) is 0 Å². The van der Waals surface area contributed by atoms with Gasteiger partial charge in [-0.2, -0.15) is 5.10 Å². The van der Waals surface area contributed by atoms with Gasteiger partial charge in [0.1, 0.15) is 5.82 Å². The van der Waals surface area contributed by atoms with Crippen molar-refractivity contribution in [1.82, 2.24) is 15.1 Å². The lowest BCUT2D eigenvalue weighted by Crippen LogP contribution is -2.07. The molecule has 0 bridgehead atoms. The van der Waals surface area contributed by atoms with Crippen molar-refractivity contribution in [3.8, 4) is 11.3 Å². The summed E-state index contributed by atoms with van der Waals surface area (Å²) in [4.78, 5) is 0. The molecule has 0 aliphatic rings. The molecule has 0 amide bonds. The normalized spacial score (nSPS) is 10.8. The fourth-order valence-electron chi connectivity index (χ4n) is 1.95. The Kier molecular flexibility index (Phi) is 3.54. The fraction of sp³-hybridized carbons (Fsp3) is 0.308. The summed E-state index contributed by atoms with van der Waals surface area (Å²) in [6, 6.07) is 6.63. The number of aryl methyl sites for hydroxylation is 1. The lowest BCUT2D eigenvalue weighted by atomic mass is 10.1. The molecule has 1 aromatic carbocycles. The topological polar surface area (TPSA) is 29.9 Å². The summed E-state index contributed by atoms with van der Waals surface area (Å²) < 4.78 is 15.2. The molecule has 3 nitrogen and oxygen atoms in total. The first-order valence-corrected chi connectivity index (χ1v) is 5.71. The molecule has 2 rings (SSSR count). The van der Waals surface area contributed by atoms with Gasteiger partial charge in [-0.05, 0) is 26.1 Å². The van der Waals surface area contributed by atoms with Crippen LogP contribution in [0, 0.1) is 5.82 Å². The summed E-state index contributed by atoms with van der Waals surface area (Å²) in [6.45, 7) is 3.53. The van der Waals surface area contributed by atoms with E-state index in [9.17, 15) is 4.39 Å². The number of hydrogen-bond donors (Lipinski definition) is 1. The molecule has 0 aliphatic heterocycles. The van der Waals surface area contributed by atoms with E-state index in [1.807, 2.05) is 30.9 Å². The lowest BCUT2D eigenvalue weighted by molar-refractivity contribution is 0.627. The van der Waals surface area contributed by atoms with Crippen molar-refractivity contribution in [3.63, 3.8) is 0 Å². The molecule has 0 aliphatic carbocycles. The van der Waals surface area contributed by atoms with Gasteiger partial charge in [-0.3, -0.25) is 4.68 Å². The maximum Gasteiger partial charge on any atom is 0.123 e. The predicted octanol–water partition coefficient (Wildman–Crippen LogP) is 2.43. The van der Waals surface area contributed by atoms with Crippen LogP contribution in [0.3, 0.4) is 0 Å². The Balaban J connectivity index is 2.51. The monoisotopic (exact) mass is 233 g/mol. The Labute approximate surface area is 100 Å². The lowest BCUT2D eigenvalue weighted by Gasteiger charge is -2.08. The third-order valence-corrected chi connectivity index (χ3v) is 2.68. The summed E-state index contributed by atoms with van der Waals surface area (Å²) in [7, 11) is 1.89. The zero-order valence-electron chi connectivity index (χ0n) is 10.1. The van der Waals surface area contributed by atoms with Gasteiger partial charge in [0, 0.05) is 24.2 Å². The Hall–Kier alpha value is -1.68. The van der Waals surface area contributed by atoms with Gasteiger partial charge in [-0.25, -0.2) is 4.39 Å². The van der Waals surface area contributed by atoms with Crippen LogP contribution in [0.15, 0.2) is 30.5 Å². The smallest absolute Gasteiger partial charge is 0.123 e. The van der Waals surface area contributed by atoms with Crippen LogP contribution in [0.2, 0.25) is 0 Å². The Morgan fingerprint density at radius 2 is 2.24 bits per heavy atom. The Morgan fingerprint density at radius 1 is 1.41 bits per heavy atom. The van der Waals surface area contributed by atoms with Gasteiger partial charge < -0.3 is 5.32 Å². The number of hydrogen-bond acceptors (Lipinski definition) is 2. The van der Waals surface area contributed by atoms with Crippen LogP contribution < -0.4 is 5.32 Å². The average Bonchev–Trinajstić information content (AvgIpc) is 2.72. The SMILES string of the molecule is CCn1ncc(CNC)c1-c1cccc(F)c1. The van der Waals surface area contributed by atoms with Crippen LogP contribution in [-0.2, 0) is 13.1 Å². The van der Waals surface area contributed by atoms with Gasteiger partial charge in [-0.1, -0.05) is 12.1 Å². The summed E-state index contributed by atoms with van der Waals surface area (Å²) in [6.07, 6.45) is 1.83. The maximum atomic E-state index is 13.3. The van der Waals surface area contributed by atoms with Crippen molar-refractivity contribution < 1.29 is 4.39 Å². The van der Waals surface area contributed by atoms with E-state index in [2.05, 4.69) is 10.4 Å². The Morgan fingerprint density at radius 3 is 2.88 bits per heavy atom. The van der Waals surface area contributed by atoms with Gasteiger partial charge in [0.15, 0.2) is 0 Å². The zero-order valence-corrected chi connectivity index (χ0v) is 10.1. The van der Waals surface area contributed by atoms with E-state index in [1.165, 1.54) is 6.07 Å². The molecule has 0 unspecified atom stereocenters. The molecule has 0 fully saturated rings. The van der Waals surface area contributed by atoms with Gasteiger partial charge in [0.2, 0.25) is 0 Å². The van der Waals surface area contributed by atoms with Crippen LogP contribution in [0.25, 0.3) is 11.3 Å². The number of rotatable bonds is 4. The van der Waals surface area contributed by atoms with E-state index in [4.69, 9.17) is 0 Å². The van der Waals surface area contributed by atoms with E-state index in [-0.39, 0.29) is 5.82 Å². The molecular formula is C13H16FN3. The van der Waals surface area contributed by atoms with E-state index >= 15 is 0 Å². The minimum Gasteiger partial charge on any atom is -0.316 e. The third kappa shape index (κ3) is 2.36. The van der Waals surface area contributed by atoms with Gasteiger partial charge in [0.05, 0.1) is 11.9 Å². The molecule has 90 valence electrons. The molecule has 0 spiro atoms. The van der Waals surface area contributed by atoms with Crippen LogP contribution in [0.4, 0.5) is 4.39 Å². The number of aromatic nitrogens is 2. The molecule has 1 heterocycles. The molecule has 0 atom stereocenters.